The van der Waals surface area contributed by atoms with Gasteiger partial charge in [0.25, 0.3) is 5.89 Å². The van der Waals surface area contributed by atoms with Gasteiger partial charge in [0, 0.05) is 23.5 Å². The molecular formula is C24H29N5O4S2. The van der Waals surface area contributed by atoms with Crippen LogP contribution in [0.3, 0.4) is 0 Å². The van der Waals surface area contributed by atoms with Gasteiger partial charge in [-0.15, -0.1) is 11.8 Å². The minimum atomic E-state index is -0.849. The quantitative estimate of drug-likeness (QED) is 0.336. The number of aliphatic carboxylic acids is 1. The fraction of sp³-hybridized carbons (Fsp3) is 0.458. The fourth-order valence-electron chi connectivity index (χ4n) is 3.83. The summed E-state index contributed by atoms with van der Waals surface area (Å²) in [6.45, 7) is 5.76. The molecule has 35 heavy (non-hydrogen) atoms. The van der Waals surface area contributed by atoms with E-state index in [1.807, 2.05) is 24.3 Å². The highest BCUT2D eigenvalue weighted by molar-refractivity contribution is 8.01. The Labute approximate surface area is 212 Å². The van der Waals surface area contributed by atoms with Crippen molar-refractivity contribution in [3.05, 3.63) is 36.3 Å². The topological polar surface area (TPSA) is 121 Å². The van der Waals surface area contributed by atoms with E-state index in [0.29, 0.717) is 35.1 Å². The number of carbonyl (C=O) groups excluding carboxylic acids is 1. The van der Waals surface area contributed by atoms with Crippen LogP contribution in [0.4, 0.5) is 15.6 Å². The zero-order valence-corrected chi connectivity index (χ0v) is 21.6. The molecule has 1 fully saturated rings. The molecule has 2 heterocycles. The van der Waals surface area contributed by atoms with Gasteiger partial charge >= 0.3 is 12.0 Å². The molecule has 1 aliphatic rings. The normalized spacial score (nSPS) is 14.3. The number of thioether (sulfide) groups is 1. The molecule has 0 radical (unpaired) electrons. The smallest absolute Gasteiger partial charge is 0.328 e. The van der Waals surface area contributed by atoms with Crippen LogP contribution >= 0.6 is 23.1 Å². The number of carbonyl (C=O) groups is 2. The van der Waals surface area contributed by atoms with E-state index in [1.165, 1.54) is 35.9 Å². The molecule has 0 spiro atoms. The summed E-state index contributed by atoms with van der Waals surface area (Å²) >= 11 is 2.76. The van der Waals surface area contributed by atoms with Crippen molar-refractivity contribution in [3.63, 3.8) is 0 Å². The maximum Gasteiger partial charge on any atom is 0.328 e. The molecule has 9 nitrogen and oxygen atoms in total. The first-order valence-corrected chi connectivity index (χ1v) is 13.3. The Bertz CT molecular complexity index is 1190. The van der Waals surface area contributed by atoms with Crippen molar-refractivity contribution in [2.75, 3.05) is 22.5 Å². The largest absolute Gasteiger partial charge is 0.481 e. The van der Waals surface area contributed by atoms with Crippen LogP contribution in [0.2, 0.25) is 0 Å². The van der Waals surface area contributed by atoms with Crippen LogP contribution in [0.25, 0.3) is 11.5 Å². The summed E-state index contributed by atoms with van der Waals surface area (Å²) < 4.78 is 6.16. The Kier molecular flexibility index (Phi) is 7.75. The molecule has 0 atom stereocenters. The van der Waals surface area contributed by atoms with Gasteiger partial charge in [0.05, 0.1) is 15.8 Å². The zero-order valence-electron chi connectivity index (χ0n) is 20.0. The van der Waals surface area contributed by atoms with Crippen molar-refractivity contribution in [1.29, 1.82) is 0 Å². The molecule has 1 aliphatic carbocycles. The number of nitrogens with zero attached hydrogens (tertiary/aromatic N) is 4. The van der Waals surface area contributed by atoms with Crippen molar-refractivity contribution < 1.29 is 19.2 Å². The second kappa shape index (κ2) is 10.8. The van der Waals surface area contributed by atoms with E-state index in [2.05, 4.69) is 20.4 Å². The molecule has 0 aliphatic heterocycles. The van der Waals surface area contributed by atoms with Crippen molar-refractivity contribution in [1.82, 2.24) is 15.1 Å². The average molecular weight is 516 g/mol. The van der Waals surface area contributed by atoms with Crippen LogP contribution in [0, 0.1) is 18.3 Å². The Morgan fingerprint density at radius 3 is 2.77 bits per heavy atom. The number of carboxylic acid groups (broad SMARTS) is 1. The first-order chi connectivity index (χ1) is 16.7. The van der Waals surface area contributed by atoms with Gasteiger partial charge in [-0.2, -0.15) is 4.98 Å². The van der Waals surface area contributed by atoms with Crippen molar-refractivity contribution in [3.8, 4) is 11.5 Å². The van der Waals surface area contributed by atoms with Crippen LogP contribution in [-0.4, -0.2) is 44.5 Å². The number of nitrogens with one attached hydrogen (secondary N) is 1. The fourth-order valence-corrected chi connectivity index (χ4v) is 5.78. The number of aromatic nitrogens is 3. The zero-order chi connectivity index (χ0) is 25.0. The molecule has 1 saturated carbocycles. The van der Waals surface area contributed by atoms with Gasteiger partial charge in [-0.25, -0.2) is 9.78 Å². The van der Waals surface area contributed by atoms with Crippen LogP contribution in [0.15, 0.2) is 39.2 Å². The van der Waals surface area contributed by atoms with Crippen LogP contribution in [-0.2, 0) is 4.79 Å². The van der Waals surface area contributed by atoms with E-state index >= 15 is 0 Å². The molecule has 0 unspecified atom stereocenters. The number of amides is 2. The minimum absolute atomic E-state index is 0.257. The number of rotatable bonds is 9. The number of thiazole rings is 1. The third-order valence-corrected chi connectivity index (χ3v) is 8.51. The number of carboxylic acids is 1. The predicted octanol–water partition coefficient (Wildman–Crippen LogP) is 5.93. The highest BCUT2D eigenvalue weighted by Crippen LogP contribution is 2.34. The van der Waals surface area contributed by atoms with Gasteiger partial charge in [0.1, 0.15) is 0 Å². The molecule has 2 aromatic heterocycles. The van der Waals surface area contributed by atoms with E-state index in [9.17, 15) is 14.7 Å². The number of aryl methyl sites for hydroxylation is 1. The third kappa shape index (κ3) is 6.40. The van der Waals surface area contributed by atoms with E-state index < -0.39 is 11.4 Å². The monoisotopic (exact) mass is 515 g/mol. The molecule has 2 N–H and O–H groups in total. The summed E-state index contributed by atoms with van der Waals surface area (Å²) in [5, 5.41) is 16.6. The standard InChI is InChI=1S/C24H29N5O4S2/c1-15-26-20(33-28-15)17-9-6-10-18(11-17)29(13-16-7-4-5-8-16)23(32)27-22-25-12-19(35-22)34-14-24(2,3)21(30)31/h6,9-12,16H,4-5,7-8,13-14H2,1-3H3,(H,30,31)(H,25,27,32). The summed E-state index contributed by atoms with van der Waals surface area (Å²) in [4.78, 5) is 35.2. The Balaban J connectivity index is 1.50. The van der Waals surface area contributed by atoms with Gasteiger partial charge in [0.15, 0.2) is 11.0 Å². The number of anilines is 2. The second-order valence-corrected chi connectivity index (χ2v) is 11.7. The van der Waals surface area contributed by atoms with E-state index in [-0.39, 0.29) is 6.03 Å². The summed E-state index contributed by atoms with van der Waals surface area (Å²) in [6.07, 6.45) is 6.23. The molecule has 4 rings (SSSR count). The van der Waals surface area contributed by atoms with Gasteiger partial charge in [-0.3, -0.25) is 15.0 Å². The lowest BCUT2D eigenvalue weighted by Gasteiger charge is -2.26. The molecule has 2 amide bonds. The summed E-state index contributed by atoms with van der Waals surface area (Å²) in [6, 6.07) is 7.29. The lowest BCUT2D eigenvalue weighted by Crippen LogP contribution is -2.38. The predicted molar refractivity (Wildman–Crippen MR) is 137 cm³/mol. The summed E-state index contributed by atoms with van der Waals surface area (Å²) in [7, 11) is 0. The number of hydrogen-bond donors (Lipinski definition) is 2. The Morgan fingerprint density at radius 1 is 1.31 bits per heavy atom. The van der Waals surface area contributed by atoms with Gasteiger partial charge in [0.2, 0.25) is 0 Å². The van der Waals surface area contributed by atoms with E-state index in [1.54, 1.807) is 31.9 Å². The molecular weight excluding hydrogens is 486 g/mol. The molecule has 3 aromatic rings. The van der Waals surface area contributed by atoms with Crippen LogP contribution in [0.5, 0.6) is 0 Å². The molecule has 11 heteroatoms. The molecule has 0 bridgehead atoms. The summed E-state index contributed by atoms with van der Waals surface area (Å²) in [5.41, 5.74) is 0.649. The second-order valence-electron chi connectivity index (χ2n) is 9.35. The van der Waals surface area contributed by atoms with E-state index in [4.69, 9.17) is 4.52 Å². The van der Waals surface area contributed by atoms with Crippen molar-refractivity contribution >= 4 is 45.9 Å². The maximum absolute atomic E-state index is 13.4. The van der Waals surface area contributed by atoms with Crippen molar-refractivity contribution in [2.24, 2.45) is 11.3 Å². The van der Waals surface area contributed by atoms with Crippen molar-refractivity contribution in [2.45, 2.75) is 50.7 Å². The first-order valence-electron chi connectivity index (χ1n) is 11.5. The van der Waals surface area contributed by atoms with Gasteiger partial charge in [-0.05, 0) is 57.7 Å². The van der Waals surface area contributed by atoms with Gasteiger partial charge in [-0.1, -0.05) is 35.4 Å². The average Bonchev–Trinajstić information content (AvgIpc) is 3.59. The van der Waals surface area contributed by atoms with Gasteiger partial charge < -0.3 is 9.63 Å². The highest BCUT2D eigenvalue weighted by atomic mass is 32.2. The molecule has 1 aromatic carbocycles. The molecule has 0 saturated heterocycles. The first kappa shape index (κ1) is 25.2. The lowest BCUT2D eigenvalue weighted by atomic mass is 9.97. The summed E-state index contributed by atoms with van der Waals surface area (Å²) in [5.74, 6) is 0.971. The van der Waals surface area contributed by atoms with E-state index in [0.717, 1.165) is 28.3 Å². The minimum Gasteiger partial charge on any atom is -0.481 e. The molecule has 186 valence electrons. The highest BCUT2D eigenvalue weighted by Gasteiger charge is 2.28. The van der Waals surface area contributed by atoms with Crippen LogP contribution < -0.4 is 10.2 Å². The number of benzene rings is 1. The Hall–Kier alpha value is -2.92. The third-order valence-electron chi connectivity index (χ3n) is 5.95. The number of urea groups is 1. The number of hydrogen-bond acceptors (Lipinski definition) is 8. The SMILES string of the molecule is Cc1noc(-c2cccc(N(CC3CCCC3)C(=O)Nc3ncc(SCC(C)(C)C(=O)O)s3)c2)n1. The Morgan fingerprint density at radius 2 is 2.09 bits per heavy atom. The maximum atomic E-state index is 13.4. The van der Waals surface area contributed by atoms with Crippen LogP contribution in [0.1, 0.15) is 45.4 Å². The lowest BCUT2D eigenvalue weighted by molar-refractivity contribution is -0.145.